The molecule has 1 aliphatic rings. The van der Waals surface area contributed by atoms with Gasteiger partial charge in [0.2, 0.25) is 12.1 Å². The molecule has 0 N–H and O–H groups in total. The van der Waals surface area contributed by atoms with Crippen molar-refractivity contribution in [1.82, 2.24) is 4.57 Å². The monoisotopic (exact) mass is 399 g/mol. The number of hydrogen-bond donors (Lipinski definition) is 0. The molecule has 1 unspecified atom stereocenters. The second-order valence-corrected chi connectivity index (χ2v) is 7.69. The van der Waals surface area contributed by atoms with Gasteiger partial charge >= 0.3 is 0 Å². The molecule has 5 rings (SSSR count). The Hall–Kier alpha value is -3.60. The number of methoxy groups -OCH3 is 1. The van der Waals surface area contributed by atoms with E-state index in [1.807, 2.05) is 77.9 Å². The van der Waals surface area contributed by atoms with Gasteiger partial charge in [-0.05, 0) is 35.0 Å². The standard InChI is InChI=1S/C25H23N2O3/c1-29-22-8-9-25-21(13-22)14-23(30-25)15-26-10-11-27(17-26)16-24(28)20-7-6-18-4-2-3-5-19(18)12-20/h2-13,17,23H,14-16H2,1H3/q+1. The minimum atomic E-state index is 0.0733. The first kappa shape index (κ1) is 18.4. The van der Waals surface area contributed by atoms with Crippen molar-refractivity contribution in [3.8, 4) is 11.5 Å². The quantitative estimate of drug-likeness (QED) is 0.366. The van der Waals surface area contributed by atoms with E-state index in [4.69, 9.17) is 9.47 Å². The molecule has 4 aromatic rings. The Balaban J connectivity index is 1.24. The number of hydrogen-bond acceptors (Lipinski definition) is 3. The highest BCUT2D eigenvalue weighted by Crippen LogP contribution is 2.32. The minimum Gasteiger partial charge on any atom is -0.497 e. The lowest BCUT2D eigenvalue weighted by molar-refractivity contribution is -0.682. The molecular formula is C25H23N2O3+. The van der Waals surface area contributed by atoms with Crippen LogP contribution >= 0.6 is 0 Å². The number of rotatable bonds is 6. The Bertz CT molecular complexity index is 1230. The lowest BCUT2D eigenvalue weighted by atomic mass is 10.0. The highest BCUT2D eigenvalue weighted by molar-refractivity contribution is 5.99. The van der Waals surface area contributed by atoms with Crippen molar-refractivity contribution < 1.29 is 18.8 Å². The van der Waals surface area contributed by atoms with E-state index < -0.39 is 0 Å². The number of Topliss-reactive ketones (excluding diaryl/α,β-unsaturated/α-hetero) is 1. The zero-order valence-corrected chi connectivity index (χ0v) is 16.8. The molecule has 1 aromatic heterocycles. The minimum absolute atomic E-state index is 0.0733. The molecule has 5 heteroatoms. The van der Waals surface area contributed by atoms with E-state index in [9.17, 15) is 4.79 Å². The van der Waals surface area contributed by atoms with Gasteiger partial charge in [0.1, 0.15) is 36.5 Å². The fraction of sp³-hybridized carbons (Fsp3) is 0.200. The number of aromatic nitrogens is 2. The third kappa shape index (κ3) is 3.66. The maximum atomic E-state index is 12.8. The van der Waals surface area contributed by atoms with Crippen LogP contribution in [0.25, 0.3) is 10.8 Å². The molecule has 0 fully saturated rings. The first-order chi connectivity index (χ1) is 14.7. The van der Waals surface area contributed by atoms with E-state index in [1.165, 1.54) is 5.56 Å². The van der Waals surface area contributed by atoms with Crippen LogP contribution in [0.3, 0.4) is 0 Å². The molecule has 3 aromatic carbocycles. The molecule has 1 atom stereocenters. The van der Waals surface area contributed by atoms with Crippen molar-refractivity contribution >= 4 is 16.6 Å². The highest BCUT2D eigenvalue weighted by Gasteiger charge is 2.25. The van der Waals surface area contributed by atoms with E-state index in [2.05, 4.69) is 10.6 Å². The number of ketones is 1. The average molecular weight is 399 g/mol. The van der Waals surface area contributed by atoms with Gasteiger partial charge in [-0.3, -0.25) is 4.79 Å². The van der Waals surface area contributed by atoms with Gasteiger partial charge in [0, 0.05) is 17.5 Å². The van der Waals surface area contributed by atoms with Gasteiger partial charge in [-0.1, -0.05) is 36.4 Å². The number of nitrogens with zero attached hydrogens (tertiary/aromatic N) is 2. The molecule has 0 spiro atoms. The van der Waals surface area contributed by atoms with Crippen molar-refractivity contribution in [1.29, 1.82) is 0 Å². The van der Waals surface area contributed by atoms with Gasteiger partial charge in [-0.15, -0.1) is 0 Å². The second-order valence-electron chi connectivity index (χ2n) is 7.69. The number of carbonyl (C=O) groups excluding carboxylic acids is 1. The maximum absolute atomic E-state index is 12.8. The van der Waals surface area contributed by atoms with Gasteiger partial charge in [0.15, 0.2) is 6.54 Å². The lowest BCUT2D eigenvalue weighted by Crippen LogP contribution is -2.36. The van der Waals surface area contributed by atoms with Crippen molar-refractivity contribution in [2.45, 2.75) is 25.6 Å². The van der Waals surface area contributed by atoms with E-state index >= 15 is 0 Å². The van der Waals surface area contributed by atoms with Gasteiger partial charge in [-0.2, -0.15) is 0 Å². The molecule has 0 aliphatic carbocycles. The van der Waals surface area contributed by atoms with Crippen molar-refractivity contribution in [3.05, 3.63) is 90.5 Å². The molecule has 0 amide bonds. The van der Waals surface area contributed by atoms with Crippen LogP contribution < -0.4 is 14.0 Å². The first-order valence-corrected chi connectivity index (χ1v) is 10.1. The van der Waals surface area contributed by atoms with Gasteiger partial charge in [0.25, 0.3) is 0 Å². The van der Waals surface area contributed by atoms with E-state index in [0.717, 1.165) is 40.8 Å². The smallest absolute Gasteiger partial charge is 0.244 e. The van der Waals surface area contributed by atoms with Crippen LogP contribution in [-0.4, -0.2) is 23.6 Å². The molecule has 1 aliphatic heterocycles. The number of ether oxygens (including phenoxy) is 2. The zero-order valence-electron chi connectivity index (χ0n) is 16.8. The van der Waals surface area contributed by atoms with Crippen LogP contribution in [0.5, 0.6) is 11.5 Å². The van der Waals surface area contributed by atoms with Crippen molar-refractivity contribution in [3.63, 3.8) is 0 Å². The maximum Gasteiger partial charge on any atom is 0.244 e. The zero-order chi connectivity index (χ0) is 20.5. The fourth-order valence-electron chi connectivity index (χ4n) is 4.02. The predicted octanol–water partition coefficient (Wildman–Crippen LogP) is 3.82. The highest BCUT2D eigenvalue weighted by atomic mass is 16.5. The van der Waals surface area contributed by atoms with E-state index in [-0.39, 0.29) is 11.9 Å². The number of carbonyl (C=O) groups is 1. The molecule has 0 saturated carbocycles. The molecular weight excluding hydrogens is 376 g/mol. The summed E-state index contributed by atoms with van der Waals surface area (Å²) in [5, 5.41) is 2.23. The lowest BCUT2D eigenvalue weighted by Gasteiger charge is -2.07. The number of imidazole rings is 1. The van der Waals surface area contributed by atoms with Crippen LogP contribution in [0.4, 0.5) is 0 Å². The number of fused-ring (bicyclic) bond motifs is 2. The summed E-state index contributed by atoms with van der Waals surface area (Å²) in [4.78, 5) is 12.8. The molecule has 0 saturated heterocycles. The summed E-state index contributed by atoms with van der Waals surface area (Å²) >= 11 is 0. The molecule has 0 bridgehead atoms. The summed E-state index contributed by atoms with van der Waals surface area (Å²) in [6, 6.07) is 19.9. The Kier molecular flexibility index (Phi) is 4.71. The Morgan fingerprint density at radius 3 is 2.87 bits per heavy atom. The summed E-state index contributed by atoms with van der Waals surface area (Å²) in [5.74, 6) is 1.87. The Labute approximate surface area is 175 Å². The van der Waals surface area contributed by atoms with Crippen LogP contribution in [0.1, 0.15) is 15.9 Å². The van der Waals surface area contributed by atoms with E-state index in [1.54, 1.807) is 7.11 Å². The Morgan fingerprint density at radius 2 is 2.00 bits per heavy atom. The second kappa shape index (κ2) is 7.67. The third-order valence-electron chi connectivity index (χ3n) is 5.57. The summed E-state index contributed by atoms with van der Waals surface area (Å²) < 4.78 is 15.3. The van der Waals surface area contributed by atoms with Crippen LogP contribution in [0.15, 0.2) is 79.4 Å². The Morgan fingerprint density at radius 1 is 1.13 bits per heavy atom. The topological polar surface area (TPSA) is 44.3 Å². The number of benzene rings is 3. The van der Waals surface area contributed by atoms with Gasteiger partial charge < -0.3 is 9.47 Å². The summed E-state index contributed by atoms with van der Waals surface area (Å²) in [6.07, 6.45) is 6.81. The summed E-state index contributed by atoms with van der Waals surface area (Å²) in [6.45, 7) is 1.04. The largest absolute Gasteiger partial charge is 0.497 e. The molecule has 2 heterocycles. The van der Waals surface area contributed by atoms with Gasteiger partial charge in [-0.25, -0.2) is 9.13 Å². The predicted molar refractivity (Wildman–Crippen MR) is 114 cm³/mol. The first-order valence-electron chi connectivity index (χ1n) is 10.1. The van der Waals surface area contributed by atoms with Crippen LogP contribution in [0.2, 0.25) is 0 Å². The summed E-state index contributed by atoms with van der Waals surface area (Å²) in [7, 11) is 1.67. The van der Waals surface area contributed by atoms with E-state index in [0.29, 0.717) is 6.54 Å². The molecule has 5 nitrogen and oxygen atoms in total. The summed E-state index contributed by atoms with van der Waals surface area (Å²) in [5.41, 5.74) is 1.91. The third-order valence-corrected chi connectivity index (χ3v) is 5.57. The molecule has 30 heavy (non-hydrogen) atoms. The van der Waals surface area contributed by atoms with Crippen LogP contribution in [0, 0.1) is 0 Å². The SMILES string of the molecule is COc1ccc2c(c1)CC(Cn1cc[n+](CC(=O)c3ccc4ccccc4c3)c1)O2. The normalized spacial score (nSPS) is 15.0. The average Bonchev–Trinajstić information content (AvgIpc) is 3.38. The van der Waals surface area contributed by atoms with Crippen molar-refractivity contribution in [2.75, 3.05) is 7.11 Å². The van der Waals surface area contributed by atoms with Crippen LogP contribution in [-0.2, 0) is 19.5 Å². The molecule has 150 valence electrons. The van der Waals surface area contributed by atoms with Crippen molar-refractivity contribution in [2.24, 2.45) is 0 Å². The molecule has 0 radical (unpaired) electrons. The van der Waals surface area contributed by atoms with Gasteiger partial charge in [0.05, 0.1) is 7.11 Å². The fourth-order valence-corrected chi connectivity index (χ4v) is 4.02.